The monoisotopic (exact) mass is 314 g/mol. The van der Waals surface area contributed by atoms with E-state index in [1.165, 1.54) is 11.2 Å². The molecule has 0 bridgehead atoms. The molecule has 1 aromatic carbocycles. The van der Waals surface area contributed by atoms with Crippen LogP contribution >= 0.6 is 23.2 Å². The molecule has 2 rings (SSSR count). The first-order valence-electron chi connectivity index (χ1n) is 6.88. The first-order chi connectivity index (χ1) is 9.74. The van der Waals surface area contributed by atoms with Crippen LogP contribution in [0, 0.1) is 5.92 Å². The number of nitrogens with zero attached hydrogens (tertiary/aromatic N) is 1. The summed E-state index contributed by atoms with van der Waals surface area (Å²) in [5.74, 6) is 0.444. The molecule has 1 aliphatic rings. The van der Waals surface area contributed by atoms with Crippen molar-refractivity contribution < 1.29 is 5.11 Å². The van der Waals surface area contributed by atoms with E-state index in [0.29, 0.717) is 24.1 Å². The molecular formula is C15H20Cl2N2O. The maximum atomic E-state index is 9.21. The lowest BCUT2D eigenvalue weighted by molar-refractivity contribution is 0.203. The molecule has 1 aliphatic heterocycles. The van der Waals surface area contributed by atoms with Crippen molar-refractivity contribution in [3.05, 3.63) is 34.8 Å². The first kappa shape index (κ1) is 15.5. The van der Waals surface area contributed by atoms with Crippen LogP contribution in [0.2, 0.25) is 0 Å². The van der Waals surface area contributed by atoms with Crippen molar-refractivity contribution in [3.8, 4) is 0 Å². The Hall–Kier alpha value is -0.900. The molecule has 20 heavy (non-hydrogen) atoms. The molecule has 0 saturated carbocycles. The fourth-order valence-corrected chi connectivity index (χ4v) is 2.62. The summed E-state index contributed by atoms with van der Waals surface area (Å²) in [4.78, 5) is 2.35. The van der Waals surface area contributed by atoms with E-state index < -0.39 is 0 Å². The number of aliphatic hydroxyl groups excluding tert-OH is 1. The van der Waals surface area contributed by atoms with Crippen molar-refractivity contribution in [2.24, 2.45) is 5.92 Å². The van der Waals surface area contributed by atoms with Crippen molar-refractivity contribution in [2.45, 2.75) is 12.8 Å². The van der Waals surface area contributed by atoms with E-state index >= 15 is 0 Å². The molecule has 0 radical (unpaired) electrons. The second-order valence-electron chi connectivity index (χ2n) is 5.04. The van der Waals surface area contributed by atoms with Crippen LogP contribution in [0.3, 0.4) is 0 Å². The van der Waals surface area contributed by atoms with E-state index in [2.05, 4.69) is 16.3 Å². The number of hydrogen-bond acceptors (Lipinski definition) is 3. The van der Waals surface area contributed by atoms with Gasteiger partial charge < -0.3 is 15.3 Å². The Labute approximate surface area is 130 Å². The molecule has 1 aromatic rings. The van der Waals surface area contributed by atoms with Gasteiger partial charge in [0.05, 0.1) is 17.9 Å². The summed E-state index contributed by atoms with van der Waals surface area (Å²) in [7, 11) is 0. The average Bonchev–Trinajstić information content (AvgIpc) is 2.53. The Morgan fingerprint density at radius 3 is 2.70 bits per heavy atom. The van der Waals surface area contributed by atoms with Crippen LogP contribution in [0.4, 0.5) is 11.4 Å². The highest BCUT2D eigenvalue weighted by molar-refractivity contribution is 6.36. The van der Waals surface area contributed by atoms with E-state index in [1.54, 1.807) is 0 Å². The van der Waals surface area contributed by atoms with Gasteiger partial charge in [0.1, 0.15) is 0 Å². The summed E-state index contributed by atoms with van der Waals surface area (Å²) in [6.45, 7) is 2.77. The standard InChI is InChI=1S/C15H20Cl2N2O/c16-9-13(17)10-18-14-3-1-2-4-15(14)19-7-5-12(11-20)6-8-19/h1-4,9,12,18,20H,5-8,10-11H2/b13-9-. The molecule has 3 nitrogen and oxygen atoms in total. The minimum absolute atomic E-state index is 0.295. The van der Waals surface area contributed by atoms with Gasteiger partial charge >= 0.3 is 0 Å². The zero-order valence-corrected chi connectivity index (χ0v) is 12.9. The van der Waals surface area contributed by atoms with Crippen LogP contribution in [0.1, 0.15) is 12.8 Å². The molecule has 0 atom stereocenters. The third-order valence-electron chi connectivity index (χ3n) is 3.68. The fourth-order valence-electron chi connectivity index (χ4n) is 2.47. The zero-order valence-electron chi connectivity index (χ0n) is 11.4. The lowest BCUT2D eigenvalue weighted by atomic mass is 9.97. The van der Waals surface area contributed by atoms with Crippen molar-refractivity contribution in [1.29, 1.82) is 0 Å². The van der Waals surface area contributed by atoms with Crippen molar-refractivity contribution in [3.63, 3.8) is 0 Å². The number of hydrogen-bond donors (Lipinski definition) is 2. The number of rotatable bonds is 5. The van der Waals surface area contributed by atoms with Gasteiger partial charge in [-0.25, -0.2) is 0 Å². The van der Waals surface area contributed by atoms with Crippen LogP contribution in [0.25, 0.3) is 0 Å². The maximum Gasteiger partial charge on any atom is 0.0602 e. The van der Waals surface area contributed by atoms with E-state index in [4.69, 9.17) is 23.2 Å². The summed E-state index contributed by atoms with van der Waals surface area (Å²) >= 11 is 11.5. The van der Waals surface area contributed by atoms with Gasteiger partial charge in [0.15, 0.2) is 0 Å². The zero-order chi connectivity index (χ0) is 14.4. The molecule has 0 unspecified atom stereocenters. The molecule has 0 aliphatic carbocycles. The van der Waals surface area contributed by atoms with Crippen LogP contribution in [0.15, 0.2) is 34.8 Å². The second kappa shape index (κ2) is 7.77. The van der Waals surface area contributed by atoms with Gasteiger partial charge in [-0.1, -0.05) is 35.3 Å². The Bertz CT molecular complexity index is 457. The summed E-state index contributed by atoms with van der Waals surface area (Å²) in [6.07, 6.45) is 2.07. The third-order valence-corrected chi connectivity index (χ3v) is 4.30. The number of piperidine rings is 1. The minimum atomic E-state index is 0.295. The third kappa shape index (κ3) is 4.05. The highest BCUT2D eigenvalue weighted by atomic mass is 35.5. The lowest BCUT2D eigenvalue weighted by Gasteiger charge is -2.34. The Morgan fingerprint density at radius 1 is 1.35 bits per heavy atom. The summed E-state index contributed by atoms with van der Waals surface area (Å²) in [6, 6.07) is 8.20. The van der Waals surface area contributed by atoms with E-state index in [-0.39, 0.29) is 0 Å². The van der Waals surface area contributed by atoms with Gasteiger partial charge in [0.25, 0.3) is 0 Å². The molecule has 0 spiro atoms. The number of nitrogens with one attached hydrogen (secondary N) is 1. The van der Waals surface area contributed by atoms with Gasteiger partial charge in [-0.2, -0.15) is 0 Å². The van der Waals surface area contributed by atoms with Crippen LogP contribution in [0.5, 0.6) is 0 Å². The van der Waals surface area contributed by atoms with Gasteiger partial charge in [-0.15, -0.1) is 0 Å². The molecule has 1 heterocycles. The Kier molecular flexibility index (Phi) is 6.02. The first-order valence-corrected chi connectivity index (χ1v) is 7.69. The van der Waals surface area contributed by atoms with Crippen LogP contribution in [-0.4, -0.2) is 31.3 Å². The lowest BCUT2D eigenvalue weighted by Crippen LogP contribution is -2.35. The van der Waals surface area contributed by atoms with Gasteiger partial charge in [0, 0.05) is 30.3 Å². The Balaban J connectivity index is 2.04. The summed E-state index contributed by atoms with van der Waals surface area (Å²) in [5.41, 5.74) is 3.62. The molecule has 1 saturated heterocycles. The van der Waals surface area contributed by atoms with E-state index in [9.17, 15) is 5.11 Å². The minimum Gasteiger partial charge on any atom is -0.396 e. The summed E-state index contributed by atoms with van der Waals surface area (Å²) < 4.78 is 0. The number of halogens is 2. The van der Waals surface area contributed by atoms with E-state index in [1.807, 2.05) is 18.2 Å². The number of benzene rings is 1. The largest absolute Gasteiger partial charge is 0.396 e. The van der Waals surface area contributed by atoms with Gasteiger partial charge in [0.2, 0.25) is 0 Å². The maximum absolute atomic E-state index is 9.21. The molecule has 5 heteroatoms. The number of anilines is 2. The van der Waals surface area contributed by atoms with Gasteiger partial charge in [-0.05, 0) is 30.9 Å². The van der Waals surface area contributed by atoms with Gasteiger partial charge in [-0.3, -0.25) is 0 Å². The topological polar surface area (TPSA) is 35.5 Å². The number of aliphatic hydroxyl groups is 1. The predicted molar refractivity (Wildman–Crippen MR) is 86.7 cm³/mol. The highest BCUT2D eigenvalue weighted by Gasteiger charge is 2.20. The van der Waals surface area contributed by atoms with Crippen molar-refractivity contribution in [1.82, 2.24) is 0 Å². The van der Waals surface area contributed by atoms with Crippen molar-refractivity contribution in [2.75, 3.05) is 36.5 Å². The molecule has 0 amide bonds. The van der Waals surface area contributed by atoms with Crippen LogP contribution in [-0.2, 0) is 0 Å². The summed E-state index contributed by atoms with van der Waals surface area (Å²) in [5, 5.41) is 13.1. The average molecular weight is 315 g/mol. The SMILES string of the molecule is OCC1CCN(c2ccccc2NC/C(Cl)=C/Cl)CC1. The fraction of sp³-hybridized carbons (Fsp3) is 0.467. The Morgan fingerprint density at radius 2 is 2.05 bits per heavy atom. The molecular weight excluding hydrogens is 295 g/mol. The number of para-hydroxylation sites is 2. The molecule has 0 aromatic heterocycles. The van der Waals surface area contributed by atoms with Crippen molar-refractivity contribution >= 4 is 34.6 Å². The second-order valence-corrected chi connectivity index (χ2v) is 5.74. The highest BCUT2D eigenvalue weighted by Crippen LogP contribution is 2.29. The van der Waals surface area contributed by atoms with Crippen LogP contribution < -0.4 is 10.2 Å². The van der Waals surface area contributed by atoms with E-state index in [0.717, 1.165) is 31.6 Å². The quantitative estimate of drug-likeness (QED) is 0.871. The predicted octanol–water partition coefficient (Wildman–Crippen LogP) is 3.63. The molecule has 2 N–H and O–H groups in total. The smallest absolute Gasteiger partial charge is 0.0602 e. The molecule has 1 fully saturated rings. The normalized spacial score (nSPS) is 17.4. The molecule has 110 valence electrons.